The first-order chi connectivity index (χ1) is 14.2. The molecule has 3 aromatic rings. The Labute approximate surface area is 179 Å². The average Bonchev–Trinajstić information content (AvgIpc) is 3.09. The third-order valence-corrected chi connectivity index (χ3v) is 6.73. The van der Waals surface area contributed by atoms with Crippen LogP contribution in [0.1, 0.15) is 36.1 Å². The van der Waals surface area contributed by atoms with Crippen LogP contribution < -0.4 is 4.90 Å². The summed E-state index contributed by atoms with van der Waals surface area (Å²) in [6.07, 6.45) is -3.29. The van der Waals surface area contributed by atoms with Gasteiger partial charge in [0.15, 0.2) is 5.13 Å². The van der Waals surface area contributed by atoms with Crippen LogP contribution in [-0.2, 0) is 19.1 Å². The van der Waals surface area contributed by atoms with Crippen molar-refractivity contribution >= 4 is 26.7 Å². The minimum absolute atomic E-state index is 0.247. The van der Waals surface area contributed by atoms with Gasteiger partial charge in [-0.15, -0.1) is 0 Å². The Kier molecular flexibility index (Phi) is 5.77. The van der Waals surface area contributed by atoms with E-state index < -0.39 is 11.7 Å². The van der Waals surface area contributed by atoms with Crippen LogP contribution in [0.3, 0.4) is 0 Å². The molecule has 1 unspecified atom stereocenters. The van der Waals surface area contributed by atoms with E-state index in [-0.39, 0.29) is 6.04 Å². The summed E-state index contributed by atoms with van der Waals surface area (Å²) < 4.78 is 39.6. The average molecular weight is 434 g/mol. The highest BCUT2D eigenvalue weighted by molar-refractivity contribution is 7.22. The van der Waals surface area contributed by atoms with E-state index in [2.05, 4.69) is 53.8 Å². The van der Waals surface area contributed by atoms with Crippen molar-refractivity contribution in [1.82, 2.24) is 9.88 Å². The van der Waals surface area contributed by atoms with Gasteiger partial charge in [-0.2, -0.15) is 13.2 Å². The van der Waals surface area contributed by atoms with Gasteiger partial charge in [-0.3, -0.25) is 4.90 Å². The Bertz CT molecular complexity index is 1040. The van der Waals surface area contributed by atoms with Crippen molar-refractivity contribution in [1.29, 1.82) is 0 Å². The van der Waals surface area contributed by atoms with E-state index in [1.54, 1.807) is 0 Å². The van der Waals surface area contributed by atoms with Crippen LogP contribution in [0, 0.1) is 6.92 Å². The fourth-order valence-corrected chi connectivity index (χ4v) is 5.31. The summed E-state index contributed by atoms with van der Waals surface area (Å²) in [7, 11) is 0. The van der Waals surface area contributed by atoms with Gasteiger partial charge < -0.3 is 4.90 Å². The van der Waals surface area contributed by atoms with Gasteiger partial charge in [-0.05, 0) is 49.6 Å². The molecule has 160 valence electrons. The zero-order valence-corrected chi connectivity index (χ0v) is 18.3. The van der Waals surface area contributed by atoms with Crippen LogP contribution in [0.4, 0.5) is 18.3 Å². The standard InChI is InChI=1S/C23H26F3N3S/c1-4-17-9-15(2)10-18(11-17)14-28-7-8-29(16(3)13-28)22-27-20-6-5-19(23(24,25)26)12-21(20)30-22/h5-6,9-12,16H,4,7-8,13-14H2,1-3H3. The molecule has 1 atom stereocenters. The van der Waals surface area contributed by atoms with E-state index in [4.69, 9.17) is 0 Å². The summed E-state index contributed by atoms with van der Waals surface area (Å²) in [6.45, 7) is 10.0. The van der Waals surface area contributed by atoms with Gasteiger partial charge >= 0.3 is 6.18 Å². The first kappa shape index (κ1) is 21.1. The second kappa shape index (κ2) is 8.19. The molecular formula is C23H26F3N3S. The quantitative estimate of drug-likeness (QED) is 0.511. The third kappa shape index (κ3) is 4.47. The molecule has 3 nitrogen and oxygen atoms in total. The molecule has 0 saturated carbocycles. The molecule has 0 bridgehead atoms. The molecule has 0 aliphatic carbocycles. The maximum atomic E-state index is 13.0. The summed E-state index contributed by atoms with van der Waals surface area (Å²) in [4.78, 5) is 9.29. The Morgan fingerprint density at radius 3 is 2.57 bits per heavy atom. The third-order valence-electron chi connectivity index (χ3n) is 5.67. The van der Waals surface area contributed by atoms with Crippen molar-refractivity contribution in [2.75, 3.05) is 24.5 Å². The zero-order valence-electron chi connectivity index (χ0n) is 17.5. The number of aromatic nitrogens is 1. The highest BCUT2D eigenvalue weighted by Crippen LogP contribution is 2.36. The number of piperazine rings is 1. The predicted molar refractivity (Wildman–Crippen MR) is 117 cm³/mol. The van der Waals surface area contributed by atoms with Crippen molar-refractivity contribution in [3.8, 4) is 0 Å². The van der Waals surface area contributed by atoms with E-state index in [0.29, 0.717) is 10.2 Å². The van der Waals surface area contributed by atoms with Gasteiger partial charge in [-0.1, -0.05) is 42.0 Å². The summed E-state index contributed by atoms with van der Waals surface area (Å²) in [5.74, 6) is 0. The van der Waals surface area contributed by atoms with Crippen molar-refractivity contribution in [2.45, 2.75) is 46.0 Å². The number of hydrogen-bond donors (Lipinski definition) is 0. The second-order valence-electron chi connectivity index (χ2n) is 8.13. The number of hydrogen-bond acceptors (Lipinski definition) is 4. The molecule has 1 aromatic heterocycles. The number of fused-ring (bicyclic) bond motifs is 1. The molecule has 7 heteroatoms. The van der Waals surface area contributed by atoms with Crippen LogP contribution in [0.15, 0.2) is 36.4 Å². The van der Waals surface area contributed by atoms with Gasteiger partial charge in [-0.25, -0.2) is 4.98 Å². The number of thiazole rings is 1. The number of anilines is 1. The molecule has 0 radical (unpaired) electrons. The monoisotopic (exact) mass is 433 g/mol. The first-order valence-corrected chi connectivity index (χ1v) is 11.1. The van der Waals surface area contributed by atoms with Gasteiger partial charge in [0.25, 0.3) is 0 Å². The van der Waals surface area contributed by atoms with Crippen LogP contribution >= 0.6 is 11.3 Å². The highest BCUT2D eigenvalue weighted by atomic mass is 32.1. The fraction of sp³-hybridized carbons (Fsp3) is 0.435. The van der Waals surface area contributed by atoms with Gasteiger partial charge in [0.2, 0.25) is 0 Å². The molecular weight excluding hydrogens is 407 g/mol. The molecule has 1 saturated heterocycles. The van der Waals surface area contributed by atoms with Crippen LogP contribution in [0.25, 0.3) is 10.2 Å². The molecule has 30 heavy (non-hydrogen) atoms. The summed E-state index contributed by atoms with van der Waals surface area (Å²) in [5, 5.41) is 0.806. The van der Waals surface area contributed by atoms with E-state index >= 15 is 0 Å². The van der Waals surface area contributed by atoms with E-state index in [1.807, 2.05) is 0 Å². The number of nitrogens with zero attached hydrogens (tertiary/aromatic N) is 3. The summed E-state index contributed by atoms with van der Waals surface area (Å²) in [6, 6.07) is 10.8. The number of halogens is 3. The summed E-state index contributed by atoms with van der Waals surface area (Å²) >= 11 is 1.35. The maximum Gasteiger partial charge on any atom is 0.416 e. The molecule has 2 heterocycles. The number of rotatable bonds is 4. The number of aryl methyl sites for hydroxylation is 2. The lowest BCUT2D eigenvalue weighted by molar-refractivity contribution is -0.137. The summed E-state index contributed by atoms with van der Waals surface area (Å²) in [5.41, 5.74) is 4.01. The van der Waals surface area contributed by atoms with E-state index in [9.17, 15) is 13.2 Å². The minimum atomic E-state index is -4.33. The molecule has 2 aromatic carbocycles. The highest BCUT2D eigenvalue weighted by Gasteiger charge is 2.31. The Balaban J connectivity index is 1.47. The Morgan fingerprint density at radius 2 is 1.87 bits per heavy atom. The Morgan fingerprint density at radius 1 is 1.10 bits per heavy atom. The normalized spacial score (nSPS) is 18.3. The van der Waals surface area contributed by atoms with Crippen LogP contribution in [0.5, 0.6) is 0 Å². The predicted octanol–water partition coefficient (Wildman–Crippen LogP) is 5.90. The molecule has 1 aliphatic rings. The molecule has 1 aliphatic heterocycles. The first-order valence-electron chi connectivity index (χ1n) is 10.3. The molecule has 4 rings (SSSR count). The lowest BCUT2D eigenvalue weighted by Crippen LogP contribution is -2.51. The smallest absolute Gasteiger partial charge is 0.343 e. The lowest BCUT2D eigenvalue weighted by Gasteiger charge is -2.39. The van der Waals surface area contributed by atoms with E-state index in [1.165, 1.54) is 40.2 Å². The maximum absolute atomic E-state index is 13.0. The number of benzene rings is 2. The van der Waals surface area contributed by atoms with Crippen LogP contribution in [0.2, 0.25) is 0 Å². The Hall–Kier alpha value is -2.12. The second-order valence-corrected chi connectivity index (χ2v) is 9.14. The molecule has 0 spiro atoms. The number of alkyl halides is 3. The van der Waals surface area contributed by atoms with Crippen molar-refractivity contribution in [2.24, 2.45) is 0 Å². The van der Waals surface area contributed by atoms with Crippen LogP contribution in [-0.4, -0.2) is 35.6 Å². The molecule has 0 amide bonds. The fourth-order valence-electron chi connectivity index (χ4n) is 4.17. The SMILES string of the molecule is CCc1cc(C)cc(CN2CCN(c3nc4ccc(C(F)(F)F)cc4s3)C(C)C2)c1. The minimum Gasteiger partial charge on any atom is -0.343 e. The molecule has 1 fully saturated rings. The van der Waals surface area contributed by atoms with Gasteiger partial charge in [0.1, 0.15) is 0 Å². The zero-order chi connectivity index (χ0) is 21.5. The lowest BCUT2D eigenvalue weighted by atomic mass is 10.0. The van der Waals surface area contributed by atoms with E-state index in [0.717, 1.165) is 43.8 Å². The molecule has 0 N–H and O–H groups in total. The topological polar surface area (TPSA) is 19.4 Å². The van der Waals surface area contributed by atoms with Gasteiger partial charge in [0.05, 0.1) is 15.8 Å². The van der Waals surface area contributed by atoms with Crippen molar-refractivity contribution in [3.63, 3.8) is 0 Å². The van der Waals surface area contributed by atoms with Crippen molar-refractivity contribution in [3.05, 3.63) is 58.7 Å². The van der Waals surface area contributed by atoms with Crippen molar-refractivity contribution < 1.29 is 13.2 Å². The van der Waals surface area contributed by atoms with Gasteiger partial charge in [0, 0.05) is 32.2 Å². The largest absolute Gasteiger partial charge is 0.416 e.